The summed E-state index contributed by atoms with van der Waals surface area (Å²) in [5, 5.41) is 4.37. The second-order valence-electron chi connectivity index (χ2n) is 8.96. The quantitative estimate of drug-likeness (QED) is 0.334. The maximum atomic E-state index is 12.9. The van der Waals surface area contributed by atoms with Gasteiger partial charge < -0.3 is 9.64 Å². The summed E-state index contributed by atoms with van der Waals surface area (Å²) in [4.78, 5) is 24.6. The number of nitrogens with one attached hydrogen (secondary N) is 1. The van der Waals surface area contributed by atoms with E-state index in [-0.39, 0.29) is 5.78 Å². The first-order chi connectivity index (χ1) is 16.2. The molecule has 3 heterocycles. The van der Waals surface area contributed by atoms with E-state index in [0.717, 1.165) is 37.4 Å². The zero-order valence-corrected chi connectivity index (χ0v) is 19.0. The van der Waals surface area contributed by atoms with Gasteiger partial charge in [0.25, 0.3) is 0 Å². The molecule has 33 heavy (non-hydrogen) atoms. The number of morpholine rings is 1. The van der Waals surface area contributed by atoms with Crippen molar-refractivity contribution in [2.75, 3.05) is 36.6 Å². The number of carbonyl (C=O) groups is 1. The third-order valence-electron chi connectivity index (χ3n) is 6.40. The molecule has 0 amide bonds. The van der Waals surface area contributed by atoms with Gasteiger partial charge in [-0.05, 0) is 18.4 Å². The number of aromatic nitrogens is 3. The molecule has 3 aromatic rings. The smallest absolute Gasteiger partial charge is 0.213 e. The van der Waals surface area contributed by atoms with Gasteiger partial charge in [-0.3, -0.25) is 14.6 Å². The number of nitrogens with zero attached hydrogens (tertiary/aromatic N) is 5. The summed E-state index contributed by atoms with van der Waals surface area (Å²) in [5.41, 5.74) is 6.44. The maximum absolute atomic E-state index is 12.9. The van der Waals surface area contributed by atoms with Crippen molar-refractivity contribution < 1.29 is 9.53 Å². The van der Waals surface area contributed by atoms with Crippen LogP contribution in [-0.4, -0.2) is 52.7 Å². The van der Waals surface area contributed by atoms with Gasteiger partial charge in [0.2, 0.25) is 5.95 Å². The van der Waals surface area contributed by atoms with Gasteiger partial charge in [-0.1, -0.05) is 55.5 Å². The maximum Gasteiger partial charge on any atom is 0.213 e. The van der Waals surface area contributed by atoms with E-state index in [2.05, 4.69) is 39.5 Å². The fourth-order valence-corrected chi connectivity index (χ4v) is 4.66. The Kier molecular flexibility index (Phi) is 6.35. The molecule has 1 aliphatic heterocycles. The lowest BCUT2D eigenvalue weighted by atomic mass is 10.00. The standard InChI is InChI=1S/C25H30N6O2/c1-18-5-4-8-20(13-18)16-26-29-23-15-24-27-21(22(32)14-19-6-2-3-7-19)17-31(24)25(28-23)30-9-11-33-12-10-30/h4-5,8,13,15-17,19,29H,2-3,6-7,9-12,14H2,1H3/b26-16+. The highest BCUT2D eigenvalue weighted by Crippen LogP contribution is 2.29. The van der Waals surface area contributed by atoms with Crippen molar-refractivity contribution in [1.82, 2.24) is 14.4 Å². The van der Waals surface area contributed by atoms with Crippen molar-refractivity contribution in [3.8, 4) is 0 Å². The summed E-state index contributed by atoms with van der Waals surface area (Å²) >= 11 is 0. The van der Waals surface area contributed by atoms with Crippen LogP contribution < -0.4 is 10.3 Å². The first kappa shape index (κ1) is 21.6. The number of ether oxygens (including phenoxy) is 1. The number of Topliss-reactive ketones (excluding diaryl/α,β-unsaturated/α-hetero) is 1. The topological polar surface area (TPSA) is 84.1 Å². The summed E-state index contributed by atoms with van der Waals surface area (Å²) < 4.78 is 7.44. The van der Waals surface area contributed by atoms with Crippen molar-refractivity contribution in [3.63, 3.8) is 0 Å². The largest absolute Gasteiger partial charge is 0.378 e. The third-order valence-corrected chi connectivity index (χ3v) is 6.40. The molecule has 1 saturated carbocycles. The number of aryl methyl sites for hydroxylation is 1. The predicted octanol–water partition coefficient (Wildman–Crippen LogP) is 4.08. The highest BCUT2D eigenvalue weighted by molar-refractivity contribution is 5.95. The number of anilines is 2. The Morgan fingerprint density at radius 2 is 2.03 bits per heavy atom. The van der Waals surface area contributed by atoms with Crippen LogP contribution in [0.3, 0.4) is 0 Å². The third kappa shape index (κ3) is 5.06. The fraction of sp³-hybridized carbons (Fsp3) is 0.440. The minimum absolute atomic E-state index is 0.116. The number of hydrogen-bond acceptors (Lipinski definition) is 7. The second-order valence-corrected chi connectivity index (χ2v) is 8.96. The first-order valence-corrected chi connectivity index (χ1v) is 11.8. The lowest BCUT2D eigenvalue weighted by molar-refractivity contribution is 0.0957. The Labute approximate surface area is 193 Å². The normalized spacial score (nSPS) is 17.3. The van der Waals surface area contributed by atoms with Crippen LogP contribution in [0.1, 0.15) is 53.7 Å². The van der Waals surface area contributed by atoms with Gasteiger partial charge in [0.1, 0.15) is 11.3 Å². The highest BCUT2D eigenvalue weighted by atomic mass is 16.5. The molecule has 8 heteroatoms. The van der Waals surface area contributed by atoms with Crippen molar-refractivity contribution in [1.29, 1.82) is 0 Å². The summed E-state index contributed by atoms with van der Waals surface area (Å²) in [6, 6.07) is 9.97. The van der Waals surface area contributed by atoms with E-state index in [0.29, 0.717) is 42.7 Å². The summed E-state index contributed by atoms with van der Waals surface area (Å²) in [6.07, 6.45) is 8.94. The molecule has 1 aliphatic carbocycles. The zero-order chi connectivity index (χ0) is 22.6. The number of imidazole rings is 1. The SMILES string of the molecule is Cc1cccc(/C=N/Nc2cc3nc(C(=O)CC4CCCC4)cn3c(N3CCOCC3)n2)c1. The van der Waals surface area contributed by atoms with E-state index in [1.807, 2.05) is 28.8 Å². The van der Waals surface area contributed by atoms with E-state index in [1.165, 1.54) is 18.4 Å². The lowest BCUT2D eigenvalue weighted by Crippen LogP contribution is -2.38. The van der Waals surface area contributed by atoms with Crippen molar-refractivity contribution in [2.45, 2.75) is 39.0 Å². The molecule has 0 bridgehead atoms. The molecule has 1 aromatic carbocycles. The number of benzene rings is 1. The van der Waals surface area contributed by atoms with Crippen molar-refractivity contribution >= 4 is 29.4 Å². The molecule has 0 spiro atoms. The number of hydrazone groups is 1. The average Bonchev–Trinajstić information content (AvgIpc) is 3.49. The van der Waals surface area contributed by atoms with Crippen LogP contribution in [0.2, 0.25) is 0 Å². The summed E-state index contributed by atoms with van der Waals surface area (Å²) in [5.74, 6) is 1.95. The molecule has 1 N–H and O–H groups in total. The average molecular weight is 447 g/mol. The van der Waals surface area contributed by atoms with E-state index in [1.54, 1.807) is 6.21 Å². The van der Waals surface area contributed by atoms with Crippen molar-refractivity contribution in [2.24, 2.45) is 11.0 Å². The molecule has 1 saturated heterocycles. The molecule has 0 radical (unpaired) electrons. The minimum Gasteiger partial charge on any atom is -0.378 e. The Hall–Kier alpha value is -3.26. The molecule has 5 rings (SSSR count). The molecule has 2 aromatic heterocycles. The minimum atomic E-state index is 0.116. The summed E-state index contributed by atoms with van der Waals surface area (Å²) in [7, 11) is 0. The number of hydrogen-bond donors (Lipinski definition) is 1. The van der Waals surface area contributed by atoms with Gasteiger partial charge >= 0.3 is 0 Å². The van der Waals surface area contributed by atoms with Gasteiger partial charge in [-0.15, -0.1) is 0 Å². The van der Waals surface area contributed by atoms with Crippen LogP contribution in [0, 0.1) is 12.8 Å². The molecular weight excluding hydrogens is 416 g/mol. The number of carbonyl (C=O) groups excluding carboxylic acids is 1. The molecule has 2 aliphatic rings. The number of ketones is 1. The molecule has 2 fully saturated rings. The molecule has 0 atom stereocenters. The van der Waals surface area contributed by atoms with E-state index >= 15 is 0 Å². The molecular formula is C25H30N6O2. The molecule has 8 nitrogen and oxygen atoms in total. The van der Waals surface area contributed by atoms with E-state index < -0.39 is 0 Å². The predicted molar refractivity (Wildman–Crippen MR) is 129 cm³/mol. The Morgan fingerprint density at radius 1 is 1.21 bits per heavy atom. The molecule has 172 valence electrons. The van der Waals surface area contributed by atoms with Crippen LogP contribution in [0.5, 0.6) is 0 Å². The second kappa shape index (κ2) is 9.70. The van der Waals surface area contributed by atoms with Gasteiger partial charge in [0.05, 0.1) is 19.4 Å². The summed E-state index contributed by atoms with van der Waals surface area (Å²) in [6.45, 7) is 4.82. The van der Waals surface area contributed by atoms with Crippen LogP contribution in [0.15, 0.2) is 41.6 Å². The van der Waals surface area contributed by atoms with Crippen LogP contribution in [0.4, 0.5) is 11.8 Å². The molecule has 0 unspecified atom stereocenters. The first-order valence-electron chi connectivity index (χ1n) is 11.8. The van der Waals surface area contributed by atoms with Crippen molar-refractivity contribution in [3.05, 3.63) is 53.3 Å². The highest BCUT2D eigenvalue weighted by Gasteiger charge is 2.23. The number of fused-ring (bicyclic) bond motifs is 1. The fourth-order valence-electron chi connectivity index (χ4n) is 4.66. The van der Waals surface area contributed by atoms with Crippen LogP contribution >= 0.6 is 0 Å². The number of rotatable bonds is 7. The Balaban J connectivity index is 1.43. The van der Waals surface area contributed by atoms with Gasteiger partial charge in [0, 0.05) is 31.8 Å². The zero-order valence-electron chi connectivity index (χ0n) is 19.0. The lowest BCUT2D eigenvalue weighted by Gasteiger charge is -2.28. The van der Waals surface area contributed by atoms with E-state index in [9.17, 15) is 4.79 Å². The Morgan fingerprint density at radius 3 is 2.82 bits per heavy atom. The van der Waals surface area contributed by atoms with Crippen LogP contribution in [-0.2, 0) is 4.74 Å². The Bertz CT molecular complexity index is 1160. The van der Waals surface area contributed by atoms with Crippen LogP contribution in [0.25, 0.3) is 5.65 Å². The monoisotopic (exact) mass is 446 g/mol. The van der Waals surface area contributed by atoms with Gasteiger partial charge in [-0.25, -0.2) is 4.98 Å². The van der Waals surface area contributed by atoms with Gasteiger partial charge in [0.15, 0.2) is 11.6 Å². The van der Waals surface area contributed by atoms with Gasteiger partial charge in [-0.2, -0.15) is 10.1 Å². The van der Waals surface area contributed by atoms with E-state index in [4.69, 9.17) is 9.72 Å².